The average molecular weight is 488 g/mol. The number of fused-ring (bicyclic) bond motifs is 2. The Kier molecular flexibility index (Phi) is 5.59. The molecule has 1 aromatic carbocycles. The molecule has 2 aliphatic rings. The molecule has 0 saturated carbocycles. The zero-order chi connectivity index (χ0) is 24.1. The highest BCUT2D eigenvalue weighted by atomic mass is 32.1. The molecule has 0 atom stereocenters. The van der Waals surface area contributed by atoms with E-state index in [4.69, 9.17) is 0 Å². The summed E-state index contributed by atoms with van der Waals surface area (Å²) in [7, 11) is 4.23. The maximum absolute atomic E-state index is 13.1. The van der Waals surface area contributed by atoms with E-state index in [1.807, 2.05) is 29.8 Å². The highest BCUT2D eigenvalue weighted by Gasteiger charge is 2.35. The lowest BCUT2D eigenvalue weighted by molar-refractivity contribution is -0.122. The summed E-state index contributed by atoms with van der Waals surface area (Å²) in [4.78, 5) is 35.2. The molecular weight excluding hydrogens is 458 g/mol. The number of para-hydroxylation sites is 1. The van der Waals surface area contributed by atoms with E-state index in [1.54, 1.807) is 11.3 Å². The van der Waals surface area contributed by atoms with Crippen LogP contribution in [0.15, 0.2) is 48.1 Å². The molecule has 6 rings (SSSR count). The minimum Gasteiger partial charge on any atom is -0.352 e. The summed E-state index contributed by atoms with van der Waals surface area (Å²) in [5, 5.41) is 6.54. The van der Waals surface area contributed by atoms with Gasteiger partial charge in [0, 0.05) is 72.0 Å². The second-order valence-corrected chi connectivity index (χ2v) is 10.7. The summed E-state index contributed by atoms with van der Waals surface area (Å²) < 4.78 is 2.34. The molecule has 5 heterocycles. The van der Waals surface area contributed by atoms with Crippen LogP contribution >= 0.6 is 11.3 Å². The molecule has 0 radical (unpaired) electrons. The lowest BCUT2D eigenvalue weighted by Gasteiger charge is -2.33. The molecular formula is C27H29N5O2S. The van der Waals surface area contributed by atoms with E-state index in [1.165, 1.54) is 0 Å². The fraction of sp³-hybridized carbons (Fsp3) is 0.333. The van der Waals surface area contributed by atoms with Gasteiger partial charge in [-0.15, -0.1) is 11.3 Å². The number of rotatable bonds is 6. The molecule has 8 heteroatoms. The van der Waals surface area contributed by atoms with Crippen molar-refractivity contribution in [1.29, 1.82) is 0 Å². The van der Waals surface area contributed by atoms with Crippen molar-refractivity contribution in [3.05, 3.63) is 59.2 Å². The van der Waals surface area contributed by atoms with E-state index >= 15 is 0 Å². The van der Waals surface area contributed by atoms with Gasteiger partial charge in [0.25, 0.3) is 11.8 Å². The first-order valence-corrected chi connectivity index (χ1v) is 13.0. The summed E-state index contributed by atoms with van der Waals surface area (Å²) in [5.74, 6) is -0.654. The third-order valence-electron chi connectivity index (χ3n) is 7.33. The first-order chi connectivity index (χ1) is 17.0. The first-order valence-electron chi connectivity index (χ1n) is 12.1. The summed E-state index contributed by atoms with van der Waals surface area (Å²) in [5.41, 5.74) is 3.66. The van der Waals surface area contributed by atoms with Gasteiger partial charge in [0.05, 0.1) is 11.1 Å². The van der Waals surface area contributed by atoms with Crippen molar-refractivity contribution in [2.75, 3.05) is 40.3 Å². The van der Waals surface area contributed by atoms with Crippen LogP contribution in [0.25, 0.3) is 32.3 Å². The third-order valence-corrected chi connectivity index (χ3v) is 8.17. The van der Waals surface area contributed by atoms with Crippen LogP contribution in [0.1, 0.15) is 30.0 Å². The van der Waals surface area contributed by atoms with Gasteiger partial charge in [-0.1, -0.05) is 18.2 Å². The largest absolute Gasteiger partial charge is 0.352 e. The van der Waals surface area contributed by atoms with Gasteiger partial charge >= 0.3 is 0 Å². The number of carbonyl (C=O) groups excluding carboxylic acids is 2. The number of imide groups is 1. The number of piperidine rings is 1. The second kappa shape index (κ2) is 8.78. The Bertz CT molecular complexity index is 1470. The first kappa shape index (κ1) is 22.3. The highest BCUT2D eigenvalue weighted by Crippen LogP contribution is 2.40. The van der Waals surface area contributed by atoms with E-state index in [-0.39, 0.29) is 11.8 Å². The number of nitrogens with zero attached hydrogens (tertiary/aromatic N) is 3. The number of carbonyl (C=O) groups is 2. The van der Waals surface area contributed by atoms with Crippen LogP contribution in [0.3, 0.4) is 0 Å². The molecule has 0 aliphatic carbocycles. The minimum absolute atomic E-state index is 0.323. The van der Waals surface area contributed by atoms with Gasteiger partial charge in [-0.3, -0.25) is 14.9 Å². The van der Waals surface area contributed by atoms with Crippen molar-refractivity contribution >= 4 is 55.4 Å². The Morgan fingerprint density at radius 1 is 1.00 bits per heavy atom. The summed E-state index contributed by atoms with van der Waals surface area (Å²) in [6.07, 6.45) is 6.08. The number of thiophene rings is 1. The molecule has 180 valence electrons. The number of H-pyrrole nitrogens is 1. The second-order valence-electron chi connectivity index (χ2n) is 9.74. The zero-order valence-electron chi connectivity index (χ0n) is 20.0. The number of hydrogen-bond acceptors (Lipinski definition) is 5. The fourth-order valence-electron chi connectivity index (χ4n) is 5.49. The molecule has 2 N–H and O–H groups in total. The fourth-order valence-corrected chi connectivity index (χ4v) is 6.27. The lowest BCUT2D eigenvalue weighted by atomic mass is 9.96. The molecule has 35 heavy (non-hydrogen) atoms. The van der Waals surface area contributed by atoms with Crippen LogP contribution in [0.4, 0.5) is 0 Å². The van der Waals surface area contributed by atoms with Crippen LogP contribution in [0, 0.1) is 0 Å². The van der Waals surface area contributed by atoms with Gasteiger partial charge < -0.3 is 19.4 Å². The minimum atomic E-state index is -0.330. The maximum atomic E-state index is 13.1. The third kappa shape index (κ3) is 3.82. The molecule has 3 aromatic heterocycles. The molecule has 7 nitrogen and oxygen atoms in total. The van der Waals surface area contributed by atoms with Crippen LogP contribution < -0.4 is 5.32 Å². The number of amides is 2. The lowest BCUT2D eigenvalue weighted by Crippen LogP contribution is -2.38. The van der Waals surface area contributed by atoms with E-state index in [9.17, 15) is 9.59 Å². The van der Waals surface area contributed by atoms with Gasteiger partial charge in [0.2, 0.25) is 0 Å². The molecule has 1 fully saturated rings. The molecule has 2 amide bonds. The van der Waals surface area contributed by atoms with Crippen molar-refractivity contribution in [2.45, 2.75) is 18.9 Å². The summed E-state index contributed by atoms with van der Waals surface area (Å²) in [6, 6.07) is 10.6. The van der Waals surface area contributed by atoms with E-state index in [0.29, 0.717) is 17.2 Å². The predicted molar refractivity (Wildman–Crippen MR) is 141 cm³/mol. The summed E-state index contributed by atoms with van der Waals surface area (Å²) in [6.45, 7) is 4.28. The smallest absolute Gasteiger partial charge is 0.259 e. The predicted octanol–water partition coefficient (Wildman–Crippen LogP) is 3.95. The Morgan fingerprint density at radius 3 is 2.51 bits per heavy atom. The van der Waals surface area contributed by atoms with Crippen LogP contribution in [0.5, 0.6) is 0 Å². The average Bonchev–Trinajstić information content (AvgIpc) is 3.61. The number of nitrogens with one attached hydrogen (secondary N) is 2. The topological polar surface area (TPSA) is 73.4 Å². The standard InChI is InChI=1S/C27H29N5O2S/c1-30(2)12-13-31-10-7-17(8-11-31)32-16-21(18-5-3-4-6-22(18)32)24-23(25(33)29-26(24)34)20-15-28-27-19(20)9-14-35-27/h3-6,9,14-17,28H,7-8,10-13H2,1-2H3,(H,29,33,34). The number of likely N-dealkylation sites (tertiary alicyclic amines) is 1. The van der Waals surface area contributed by atoms with Gasteiger partial charge in [0.1, 0.15) is 4.83 Å². The van der Waals surface area contributed by atoms with Crippen LogP contribution in [0.2, 0.25) is 0 Å². The number of aromatic nitrogens is 2. The van der Waals surface area contributed by atoms with Crippen molar-refractivity contribution in [3.63, 3.8) is 0 Å². The number of hydrogen-bond donors (Lipinski definition) is 2. The van der Waals surface area contributed by atoms with Crippen LogP contribution in [-0.4, -0.2) is 71.4 Å². The Hall–Kier alpha value is -3.20. The Labute approximate surface area is 208 Å². The molecule has 0 bridgehead atoms. The van der Waals surface area contributed by atoms with Crippen molar-refractivity contribution in [2.24, 2.45) is 0 Å². The Balaban J connectivity index is 1.42. The number of aromatic amines is 1. The Morgan fingerprint density at radius 2 is 1.74 bits per heavy atom. The van der Waals surface area contributed by atoms with Gasteiger partial charge in [-0.25, -0.2) is 0 Å². The monoisotopic (exact) mass is 487 g/mol. The SMILES string of the molecule is CN(C)CCN1CCC(n2cc(C3=C(c4c[nH]c5sccc45)C(=O)NC3=O)c3ccccc32)CC1. The number of benzene rings is 1. The quantitative estimate of drug-likeness (QED) is 0.404. The van der Waals surface area contributed by atoms with E-state index in [2.05, 4.69) is 57.1 Å². The van der Waals surface area contributed by atoms with Crippen molar-refractivity contribution < 1.29 is 9.59 Å². The zero-order valence-corrected chi connectivity index (χ0v) is 20.8. The van der Waals surface area contributed by atoms with Crippen molar-refractivity contribution in [3.8, 4) is 0 Å². The molecule has 0 spiro atoms. The van der Waals surface area contributed by atoms with Gasteiger partial charge in [-0.2, -0.15) is 0 Å². The maximum Gasteiger partial charge on any atom is 0.259 e. The highest BCUT2D eigenvalue weighted by molar-refractivity contribution is 7.16. The van der Waals surface area contributed by atoms with Gasteiger partial charge in [0.15, 0.2) is 0 Å². The van der Waals surface area contributed by atoms with Gasteiger partial charge in [-0.05, 0) is 44.4 Å². The van der Waals surface area contributed by atoms with E-state index in [0.717, 1.165) is 71.3 Å². The van der Waals surface area contributed by atoms with E-state index < -0.39 is 0 Å². The molecule has 0 unspecified atom stereocenters. The van der Waals surface area contributed by atoms with Crippen molar-refractivity contribution in [1.82, 2.24) is 24.7 Å². The molecule has 2 aliphatic heterocycles. The number of likely N-dealkylation sites (N-methyl/N-ethyl adjacent to an activating group) is 1. The molecule has 1 saturated heterocycles. The summed E-state index contributed by atoms with van der Waals surface area (Å²) >= 11 is 1.59. The normalized spacial score (nSPS) is 18.0. The van der Waals surface area contributed by atoms with Crippen LogP contribution in [-0.2, 0) is 9.59 Å². The molecule has 4 aromatic rings.